The molecule has 1 amide bonds. The highest BCUT2D eigenvalue weighted by Crippen LogP contribution is 2.23. The number of hydrogen-bond acceptors (Lipinski definition) is 3. The number of carbonyl (C=O) groups is 1. The molecule has 1 aliphatic rings. The molecular formula is C19H21ClN2O3S. The lowest BCUT2D eigenvalue weighted by Gasteiger charge is -2.31. The molecule has 1 N–H and O–H groups in total. The Bertz CT molecular complexity index is 854. The summed E-state index contributed by atoms with van der Waals surface area (Å²) in [7, 11) is -3.45. The Morgan fingerprint density at radius 1 is 1.12 bits per heavy atom. The van der Waals surface area contributed by atoms with Gasteiger partial charge in [0.15, 0.2) is 0 Å². The van der Waals surface area contributed by atoms with Crippen molar-refractivity contribution in [3.05, 3.63) is 65.2 Å². The van der Waals surface area contributed by atoms with E-state index in [0.717, 1.165) is 5.56 Å². The number of rotatable bonds is 5. The van der Waals surface area contributed by atoms with Gasteiger partial charge in [-0.1, -0.05) is 41.9 Å². The van der Waals surface area contributed by atoms with Gasteiger partial charge in [-0.05, 0) is 42.7 Å². The Hall–Kier alpha value is -1.89. The number of piperidine rings is 1. The van der Waals surface area contributed by atoms with E-state index in [1.54, 1.807) is 36.4 Å². The third-order valence-electron chi connectivity index (χ3n) is 4.45. The highest BCUT2D eigenvalue weighted by atomic mass is 35.5. The summed E-state index contributed by atoms with van der Waals surface area (Å²) < 4.78 is 26.8. The second-order valence-electron chi connectivity index (χ2n) is 6.44. The second kappa shape index (κ2) is 8.20. The van der Waals surface area contributed by atoms with E-state index in [2.05, 4.69) is 5.32 Å². The van der Waals surface area contributed by atoms with Gasteiger partial charge in [0, 0.05) is 23.8 Å². The van der Waals surface area contributed by atoms with Crippen molar-refractivity contribution in [2.45, 2.75) is 18.6 Å². The molecule has 2 aromatic rings. The van der Waals surface area contributed by atoms with Gasteiger partial charge >= 0.3 is 0 Å². The first-order valence-electron chi connectivity index (χ1n) is 8.52. The maximum atomic E-state index is 12.7. The summed E-state index contributed by atoms with van der Waals surface area (Å²) in [6, 6.07) is 16.0. The van der Waals surface area contributed by atoms with E-state index in [1.807, 2.05) is 18.2 Å². The quantitative estimate of drug-likeness (QED) is 0.846. The predicted octanol–water partition coefficient (Wildman–Crippen LogP) is 3.52. The van der Waals surface area contributed by atoms with Gasteiger partial charge in [-0.15, -0.1) is 0 Å². The van der Waals surface area contributed by atoms with Gasteiger partial charge in [-0.2, -0.15) is 0 Å². The van der Waals surface area contributed by atoms with Crippen LogP contribution in [0.25, 0.3) is 0 Å². The maximum absolute atomic E-state index is 12.7. The van der Waals surface area contributed by atoms with Gasteiger partial charge in [0.2, 0.25) is 15.9 Å². The summed E-state index contributed by atoms with van der Waals surface area (Å²) in [6.07, 6.45) is 1.35. The molecule has 0 aliphatic carbocycles. The fourth-order valence-corrected chi connectivity index (χ4v) is 4.80. The number of carbonyl (C=O) groups excluding carboxylic acids is 1. The van der Waals surface area contributed by atoms with Crippen molar-refractivity contribution in [1.29, 1.82) is 0 Å². The fraction of sp³-hybridized carbons (Fsp3) is 0.316. The van der Waals surface area contributed by atoms with E-state index in [0.29, 0.717) is 30.1 Å². The van der Waals surface area contributed by atoms with Gasteiger partial charge in [0.25, 0.3) is 0 Å². The maximum Gasteiger partial charge on any atom is 0.228 e. The third kappa shape index (κ3) is 4.84. The molecule has 0 spiro atoms. The van der Waals surface area contributed by atoms with E-state index in [1.165, 1.54) is 4.31 Å². The number of halogens is 1. The van der Waals surface area contributed by atoms with Crippen LogP contribution in [-0.2, 0) is 20.6 Å². The average Bonchev–Trinajstić information content (AvgIpc) is 2.64. The molecule has 1 saturated heterocycles. The predicted molar refractivity (Wildman–Crippen MR) is 103 cm³/mol. The van der Waals surface area contributed by atoms with E-state index < -0.39 is 10.0 Å². The van der Waals surface area contributed by atoms with Crippen LogP contribution in [0, 0.1) is 5.92 Å². The Morgan fingerprint density at radius 3 is 2.50 bits per heavy atom. The van der Waals surface area contributed by atoms with Gasteiger partial charge in [0.05, 0.1) is 11.7 Å². The van der Waals surface area contributed by atoms with E-state index in [-0.39, 0.29) is 24.1 Å². The van der Waals surface area contributed by atoms with Crippen LogP contribution in [0.15, 0.2) is 54.6 Å². The van der Waals surface area contributed by atoms with Crippen molar-refractivity contribution in [3.63, 3.8) is 0 Å². The van der Waals surface area contributed by atoms with Gasteiger partial charge in [-0.3, -0.25) is 4.79 Å². The van der Waals surface area contributed by atoms with Crippen molar-refractivity contribution in [2.24, 2.45) is 5.92 Å². The molecular weight excluding hydrogens is 372 g/mol. The molecule has 0 bridgehead atoms. The number of hydrogen-bond donors (Lipinski definition) is 1. The number of sulfonamides is 1. The molecule has 3 rings (SSSR count). The van der Waals surface area contributed by atoms with Crippen LogP contribution in [0.2, 0.25) is 5.02 Å². The molecule has 2 aromatic carbocycles. The van der Waals surface area contributed by atoms with E-state index in [9.17, 15) is 13.2 Å². The summed E-state index contributed by atoms with van der Waals surface area (Å²) in [5, 5.41) is 3.44. The molecule has 7 heteroatoms. The molecule has 1 aliphatic heterocycles. The molecule has 138 valence electrons. The van der Waals surface area contributed by atoms with Crippen LogP contribution in [0.3, 0.4) is 0 Å². The number of benzene rings is 2. The molecule has 1 atom stereocenters. The van der Waals surface area contributed by atoms with E-state index in [4.69, 9.17) is 11.6 Å². The minimum absolute atomic E-state index is 0.0423. The molecule has 5 nitrogen and oxygen atoms in total. The standard InChI is InChI=1S/C19H21ClN2O3S/c20-17-8-10-18(11-9-17)21-19(23)16-7-4-12-22(13-16)26(24,25)14-15-5-2-1-3-6-15/h1-3,5-6,8-11,16H,4,7,12-14H2,(H,21,23)/t16-/m0/s1. The Kier molecular flexibility index (Phi) is 5.96. The number of nitrogens with zero attached hydrogens (tertiary/aromatic N) is 1. The summed E-state index contributed by atoms with van der Waals surface area (Å²) in [4.78, 5) is 12.5. The fourth-order valence-electron chi connectivity index (χ4n) is 3.06. The van der Waals surface area contributed by atoms with Crippen LogP contribution in [0.4, 0.5) is 5.69 Å². The summed E-state index contributed by atoms with van der Waals surface area (Å²) in [5.41, 5.74) is 1.41. The van der Waals surface area contributed by atoms with Crippen LogP contribution >= 0.6 is 11.6 Å². The first-order chi connectivity index (χ1) is 12.4. The van der Waals surface area contributed by atoms with Crippen molar-refractivity contribution < 1.29 is 13.2 Å². The highest BCUT2D eigenvalue weighted by molar-refractivity contribution is 7.88. The first-order valence-corrected chi connectivity index (χ1v) is 10.5. The normalized spacial score (nSPS) is 18.4. The molecule has 0 aromatic heterocycles. The largest absolute Gasteiger partial charge is 0.326 e. The first kappa shape index (κ1) is 18.9. The Labute approximate surface area is 159 Å². The van der Waals surface area contributed by atoms with Gasteiger partial charge in [0.1, 0.15) is 0 Å². The molecule has 26 heavy (non-hydrogen) atoms. The Balaban J connectivity index is 1.64. The number of amides is 1. The Morgan fingerprint density at radius 2 is 1.81 bits per heavy atom. The van der Waals surface area contributed by atoms with Gasteiger partial charge in [-0.25, -0.2) is 12.7 Å². The van der Waals surface area contributed by atoms with Crippen LogP contribution < -0.4 is 5.32 Å². The van der Waals surface area contributed by atoms with Crippen LogP contribution in [0.5, 0.6) is 0 Å². The second-order valence-corrected chi connectivity index (χ2v) is 8.84. The number of nitrogens with one attached hydrogen (secondary N) is 1. The summed E-state index contributed by atoms with van der Waals surface area (Å²) >= 11 is 5.85. The lowest BCUT2D eigenvalue weighted by molar-refractivity contribution is -0.120. The lowest BCUT2D eigenvalue weighted by atomic mass is 9.99. The molecule has 0 saturated carbocycles. The van der Waals surface area contributed by atoms with Crippen molar-refractivity contribution in [2.75, 3.05) is 18.4 Å². The van der Waals surface area contributed by atoms with Gasteiger partial charge < -0.3 is 5.32 Å². The zero-order valence-electron chi connectivity index (χ0n) is 14.3. The lowest BCUT2D eigenvalue weighted by Crippen LogP contribution is -2.44. The third-order valence-corrected chi connectivity index (χ3v) is 6.52. The average molecular weight is 393 g/mol. The van der Waals surface area contributed by atoms with Crippen molar-refractivity contribution in [1.82, 2.24) is 4.31 Å². The molecule has 1 heterocycles. The minimum Gasteiger partial charge on any atom is -0.326 e. The van der Waals surface area contributed by atoms with Crippen molar-refractivity contribution in [3.8, 4) is 0 Å². The molecule has 0 radical (unpaired) electrons. The molecule has 0 unspecified atom stereocenters. The number of anilines is 1. The zero-order chi connectivity index (χ0) is 18.6. The molecule has 1 fully saturated rings. The van der Waals surface area contributed by atoms with Crippen LogP contribution in [-0.4, -0.2) is 31.7 Å². The topological polar surface area (TPSA) is 66.5 Å². The monoisotopic (exact) mass is 392 g/mol. The van der Waals surface area contributed by atoms with Crippen molar-refractivity contribution >= 4 is 33.2 Å². The minimum atomic E-state index is -3.45. The smallest absolute Gasteiger partial charge is 0.228 e. The highest BCUT2D eigenvalue weighted by Gasteiger charge is 2.32. The van der Waals surface area contributed by atoms with Crippen LogP contribution in [0.1, 0.15) is 18.4 Å². The summed E-state index contributed by atoms with van der Waals surface area (Å²) in [6.45, 7) is 0.675. The summed E-state index contributed by atoms with van der Waals surface area (Å²) in [5.74, 6) is -0.559. The van der Waals surface area contributed by atoms with E-state index >= 15 is 0 Å². The SMILES string of the molecule is O=C(Nc1ccc(Cl)cc1)[C@H]1CCCN(S(=O)(=O)Cc2ccccc2)C1. The zero-order valence-corrected chi connectivity index (χ0v) is 15.8.